The summed E-state index contributed by atoms with van der Waals surface area (Å²) < 4.78 is 18.5. The predicted octanol–water partition coefficient (Wildman–Crippen LogP) is 9.19. The second kappa shape index (κ2) is 14.2. The van der Waals surface area contributed by atoms with E-state index in [-0.39, 0.29) is 11.6 Å². The van der Waals surface area contributed by atoms with Gasteiger partial charge < -0.3 is 13.9 Å². The Kier molecular flexibility index (Phi) is 10.4. The number of esters is 1. The highest BCUT2D eigenvalue weighted by Gasteiger charge is 2.37. The van der Waals surface area contributed by atoms with Crippen molar-refractivity contribution >= 4 is 26.4 Å². The van der Waals surface area contributed by atoms with Crippen LogP contribution in [-0.4, -0.2) is 14.3 Å². The van der Waals surface area contributed by atoms with E-state index in [1.165, 1.54) is 0 Å². The van der Waals surface area contributed by atoms with Crippen LogP contribution in [0.2, 0.25) is 18.1 Å². The third-order valence-corrected chi connectivity index (χ3v) is 12.3. The van der Waals surface area contributed by atoms with Crippen LogP contribution in [0.1, 0.15) is 64.5 Å². The van der Waals surface area contributed by atoms with E-state index < -0.39 is 14.3 Å². The quantitative estimate of drug-likeness (QED) is 0.0991. The molecule has 0 saturated heterocycles. The number of ether oxygens (including phenoxy) is 2. The summed E-state index contributed by atoms with van der Waals surface area (Å²) in [5.74, 6) is 0.228. The maximum absolute atomic E-state index is 13.4. The van der Waals surface area contributed by atoms with Crippen LogP contribution >= 0.6 is 0 Å². The van der Waals surface area contributed by atoms with E-state index in [0.29, 0.717) is 30.1 Å². The topological polar surface area (TPSA) is 68.5 Å². The number of hydrogen-bond donors (Lipinski definition) is 0. The molecule has 0 aliphatic carbocycles. The molecule has 0 radical (unpaired) electrons. The lowest BCUT2D eigenvalue weighted by Gasteiger charge is -2.36. The van der Waals surface area contributed by atoms with E-state index >= 15 is 0 Å². The normalized spacial score (nSPS) is 11.7. The zero-order valence-corrected chi connectivity index (χ0v) is 26.6. The van der Waals surface area contributed by atoms with Gasteiger partial charge in [0.05, 0.1) is 23.8 Å². The van der Waals surface area contributed by atoms with Crippen LogP contribution in [0.15, 0.2) is 97.1 Å². The van der Waals surface area contributed by atoms with Crippen molar-refractivity contribution in [1.82, 2.24) is 0 Å². The number of nitriles is 1. The maximum atomic E-state index is 13.4. The molecule has 220 valence electrons. The van der Waals surface area contributed by atoms with Crippen molar-refractivity contribution in [2.24, 2.45) is 0 Å². The molecule has 5 nitrogen and oxygen atoms in total. The molecule has 6 heteroatoms. The molecule has 0 saturated carbocycles. The molecule has 0 aromatic heterocycles. The number of carbonyl (C=O) groups excluding carboxylic acids is 1. The van der Waals surface area contributed by atoms with E-state index in [9.17, 15) is 10.1 Å². The molecule has 0 bridgehead atoms. The molecule has 0 aliphatic rings. The van der Waals surface area contributed by atoms with Gasteiger partial charge in [-0.2, -0.15) is 5.26 Å². The van der Waals surface area contributed by atoms with Gasteiger partial charge in [0.2, 0.25) is 0 Å². The van der Waals surface area contributed by atoms with Crippen LogP contribution in [0.25, 0.3) is 12.2 Å². The zero-order chi connectivity index (χ0) is 30.9. The summed E-state index contributed by atoms with van der Waals surface area (Å²) in [5, 5.41) is 9.62. The first-order valence-electron chi connectivity index (χ1n) is 14.4. The second-order valence-electron chi connectivity index (χ2n) is 12.0. The number of hydrogen-bond acceptors (Lipinski definition) is 5. The van der Waals surface area contributed by atoms with Crippen LogP contribution < -0.4 is 4.74 Å². The van der Waals surface area contributed by atoms with Gasteiger partial charge in [-0.25, -0.2) is 4.79 Å². The van der Waals surface area contributed by atoms with Gasteiger partial charge in [-0.05, 0) is 64.7 Å². The smallest absolute Gasteiger partial charge is 0.339 e. The van der Waals surface area contributed by atoms with E-state index in [0.717, 1.165) is 27.8 Å². The van der Waals surface area contributed by atoms with E-state index in [1.807, 2.05) is 91.0 Å². The number of carbonyl (C=O) groups is 1. The van der Waals surface area contributed by atoms with Crippen LogP contribution in [0.3, 0.4) is 0 Å². The van der Waals surface area contributed by atoms with Crippen molar-refractivity contribution < 1.29 is 18.7 Å². The first kappa shape index (κ1) is 31.5. The number of benzene rings is 4. The summed E-state index contributed by atoms with van der Waals surface area (Å²) >= 11 is 0. The molecular formula is C37H39NO4Si. The Morgan fingerprint density at radius 1 is 0.814 bits per heavy atom. The van der Waals surface area contributed by atoms with Crippen LogP contribution in [0, 0.1) is 11.3 Å². The van der Waals surface area contributed by atoms with E-state index in [2.05, 4.69) is 39.9 Å². The van der Waals surface area contributed by atoms with E-state index in [4.69, 9.17) is 13.9 Å². The summed E-state index contributed by atoms with van der Waals surface area (Å²) in [6, 6.07) is 32.7. The highest BCUT2D eigenvalue weighted by Crippen LogP contribution is 2.37. The highest BCUT2D eigenvalue weighted by molar-refractivity contribution is 6.74. The average molecular weight is 590 g/mol. The van der Waals surface area contributed by atoms with Gasteiger partial charge in [0, 0.05) is 5.56 Å². The molecule has 0 unspecified atom stereocenters. The first-order chi connectivity index (χ1) is 20.6. The van der Waals surface area contributed by atoms with Crippen LogP contribution in [-0.2, 0) is 29.0 Å². The molecule has 4 rings (SSSR count). The zero-order valence-electron chi connectivity index (χ0n) is 25.6. The molecule has 0 heterocycles. The first-order valence-corrected chi connectivity index (χ1v) is 17.3. The van der Waals surface area contributed by atoms with Gasteiger partial charge in [-0.3, -0.25) is 0 Å². The van der Waals surface area contributed by atoms with Crippen molar-refractivity contribution in [2.45, 2.75) is 58.7 Å². The highest BCUT2D eigenvalue weighted by atomic mass is 28.4. The Hall–Kier alpha value is -4.44. The lowest BCUT2D eigenvalue weighted by molar-refractivity contribution is 0.0472. The Balaban J connectivity index is 1.69. The molecule has 4 aromatic carbocycles. The fourth-order valence-electron chi connectivity index (χ4n) is 4.18. The van der Waals surface area contributed by atoms with Crippen molar-refractivity contribution in [3.05, 3.63) is 136 Å². The molecule has 0 fully saturated rings. The molecule has 4 aromatic rings. The third-order valence-electron chi connectivity index (χ3n) is 7.83. The summed E-state index contributed by atoms with van der Waals surface area (Å²) in [5.41, 5.74) is 5.26. The van der Waals surface area contributed by atoms with Crippen molar-refractivity contribution in [1.29, 1.82) is 5.26 Å². The van der Waals surface area contributed by atoms with Crippen molar-refractivity contribution in [3.63, 3.8) is 0 Å². The maximum Gasteiger partial charge on any atom is 0.339 e. The minimum Gasteiger partial charge on any atom is -0.488 e. The van der Waals surface area contributed by atoms with Crippen LogP contribution in [0.5, 0.6) is 5.75 Å². The molecule has 0 atom stereocenters. The lowest BCUT2D eigenvalue weighted by Crippen LogP contribution is -2.40. The van der Waals surface area contributed by atoms with Gasteiger partial charge >= 0.3 is 5.97 Å². The summed E-state index contributed by atoms with van der Waals surface area (Å²) in [7, 11) is -2.06. The number of rotatable bonds is 11. The Bertz CT molecular complexity index is 1600. The largest absolute Gasteiger partial charge is 0.488 e. The van der Waals surface area contributed by atoms with Gasteiger partial charge in [0.1, 0.15) is 19.0 Å². The molecule has 0 aliphatic heterocycles. The second-order valence-corrected chi connectivity index (χ2v) is 16.8. The van der Waals surface area contributed by atoms with Gasteiger partial charge in [0.15, 0.2) is 8.32 Å². The SMILES string of the molecule is CC(C)(C)[Si](C)(C)OCc1cccc(C(=O)OCc2ccccc2)c1C=Cc1cc(C#N)ccc1OCc1ccccc1. The summed E-state index contributed by atoms with van der Waals surface area (Å²) in [6.07, 6.45) is 3.79. The average Bonchev–Trinajstić information content (AvgIpc) is 3.01. The summed E-state index contributed by atoms with van der Waals surface area (Å²) in [6.45, 7) is 12.0. The van der Waals surface area contributed by atoms with Gasteiger partial charge in [0.25, 0.3) is 0 Å². The van der Waals surface area contributed by atoms with Gasteiger partial charge in [-0.15, -0.1) is 0 Å². The standard InChI is InChI=1S/C37H39NO4Si/c1-37(2,3)43(4,5)42-27-32-17-12-18-34(36(39)41-26-29-15-10-7-11-16-29)33(32)21-20-31-23-30(24-38)19-22-35(31)40-25-28-13-8-6-9-14-28/h6-23H,25-27H2,1-5H3. The fourth-order valence-corrected chi connectivity index (χ4v) is 5.13. The Morgan fingerprint density at radius 2 is 1.47 bits per heavy atom. The minimum atomic E-state index is -2.06. The monoisotopic (exact) mass is 589 g/mol. The Morgan fingerprint density at radius 3 is 2.09 bits per heavy atom. The third kappa shape index (κ3) is 8.54. The lowest BCUT2D eigenvalue weighted by atomic mass is 9.99. The number of nitrogens with zero attached hydrogens (tertiary/aromatic N) is 1. The van der Waals surface area contributed by atoms with Gasteiger partial charge in [-0.1, -0.05) is 106 Å². The van der Waals surface area contributed by atoms with Crippen molar-refractivity contribution in [3.8, 4) is 11.8 Å². The Labute approximate surface area is 256 Å². The minimum absolute atomic E-state index is 0.0396. The van der Waals surface area contributed by atoms with Crippen LogP contribution in [0.4, 0.5) is 0 Å². The molecule has 0 spiro atoms. The van der Waals surface area contributed by atoms with Crippen molar-refractivity contribution in [2.75, 3.05) is 0 Å². The molecule has 43 heavy (non-hydrogen) atoms. The van der Waals surface area contributed by atoms with E-state index in [1.54, 1.807) is 18.2 Å². The predicted molar refractivity (Wildman–Crippen MR) is 175 cm³/mol. The summed E-state index contributed by atoms with van der Waals surface area (Å²) in [4.78, 5) is 13.4. The molecule has 0 N–H and O–H groups in total. The fraction of sp³-hybridized carbons (Fsp3) is 0.243. The molecular weight excluding hydrogens is 550 g/mol. The molecule has 0 amide bonds.